The molecule has 0 saturated carbocycles. The summed E-state index contributed by atoms with van der Waals surface area (Å²) in [5.74, 6) is -2.70. The first-order chi connectivity index (χ1) is 12.0. The highest BCUT2D eigenvalue weighted by molar-refractivity contribution is 5.94. The molecule has 0 aliphatic heterocycles. The number of nitrogens with zero attached hydrogens (tertiary/aromatic N) is 1. The van der Waals surface area contributed by atoms with Gasteiger partial charge in [-0.3, -0.25) is 9.78 Å². The number of amides is 1. The number of hydrogen-bond donors (Lipinski definition) is 1. The molecule has 0 spiro atoms. The molecule has 3 rings (SSSR count). The molecule has 0 radical (unpaired) electrons. The molecule has 1 heterocycles. The fourth-order valence-electron chi connectivity index (χ4n) is 2.39. The van der Waals surface area contributed by atoms with E-state index in [1.165, 1.54) is 12.1 Å². The summed E-state index contributed by atoms with van der Waals surface area (Å²) < 4.78 is 39.7. The normalized spacial score (nSPS) is 10.5. The minimum Gasteiger partial charge on any atom is -0.348 e. The lowest BCUT2D eigenvalue weighted by atomic mass is 10.1. The molecule has 3 nitrogen and oxygen atoms in total. The summed E-state index contributed by atoms with van der Waals surface area (Å²) in [5, 5.41) is 2.58. The number of pyridine rings is 1. The van der Waals surface area contributed by atoms with E-state index in [4.69, 9.17) is 0 Å². The molecule has 126 valence electrons. The minimum atomic E-state index is -0.928. The SMILES string of the molecule is O=C(NCc1cccnc1-c1ccc(F)cc1)c1ccc(F)cc1F. The van der Waals surface area contributed by atoms with Gasteiger partial charge in [0.15, 0.2) is 0 Å². The lowest BCUT2D eigenvalue weighted by molar-refractivity contribution is 0.0947. The maximum Gasteiger partial charge on any atom is 0.254 e. The Labute approximate surface area is 142 Å². The quantitative estimate of drug-likeness (QED) is 0.776. The van der Waals surface area contributed by atoms with Crippen LogP contribution in [0.3, 0.4) is 0 Å². The minimum absolute atomic E-state index is 0.0935. The fraction of sp³-hybridized carbons (Fsp3) is 0.0526. The second-order valence-electron chi connectivity index (χ2n) is 5.32. The van der Waals surface area contributed by atoms with Crippen LogP contribution in [0.5, 0.6) is 0 Å². The van der Waals surface area contributed by atoms with Crippen LogP contribution in [0, 0.1) is 17.5 Å². The highest BCUT2D eigenvalue weighted by Crippen LogP contribution is 2.21. The van der Waals surface area contributed by atoms with Crippen molar-refractivity contribution in [3.8, 4) is 11.3 Å². The van der Waals surface area contributed by atoms with E-state index in [0.29, 0.717) is 22.9 Å². The zero-order valence-electron chi connectivity index (χ0n) is 13.0. The van der Waals surface area contributed by atoms with E-state index in [1.54, 1.807) is 30.5 Å². The number of benzene rings is 2. The molecular formula is C19H13F3N2O. The van der Waals surface area contributed by atoms with Gasteiger partial charge in [-0.05, 0) is 48.0 Å². The molecule has 2 aromatic carbocycles. The largest absolute Gasteiger partial charge is 0.348 e. The van der Waals surface area contributed by atoms with Gasteiger partial charge < -0.3 is 5.32 Å². The average molecular weight is 342 g/mol. The molecule has 1 N–H and O–H groups in total. The Hall–Kier alpha value is -3.15. The number of halogens is 3. The first-order valence-electron chi connectivity index (χ1n) is 7.47. The average Bonchev–Trinajstić information content (AvgIpc) is 2.61. The van der Waals surface area contributed by atoms with E-state index < -0.39 is 17.5 Å². The molecule has 0 unspecified atom stereocenters. The monoisotopic (exact) mass is 342 g/mol. The van der Waals surface area contributed by atoms with Gasteiger partial charge >= 0.3 is 0 Å². The Morgan fingerprint density at radius 1 is 0.960 bits per heavy atom. The van der Waals surface area contributed by atoms with Crippen LogP contribution in [-0.2, 0) is 6.54 Å². The predicted molar refractivity (Wildman–Crippen MR) is 87.2 cm³/mol. The number of rotatable bonds is 4. The molecule has 25 heavy (non-hydrogen) atoms. The lowest BCUT2D eigenvalue weighted by Gasteiger charge is -2.10. The van der Waals surface area contributed by atoms with E-state index in [-0.39, 0.29) is 17.9 Å². The van der Waals surface area contributed by atoms with Crippen molar-refractivity contribution in [2.45, 2.75) is 6.54 Å². The van der Waals surface area contributed by atoms with Crippen LogP contribution in [0.25, 0.3) is 11.3 Å². The number of nitrogens with one attached hydrogen (secondary N) is 1. The summed E-state index contributed by atoms with van der Waals surface area (Å²) in [7, 11) is 0. The van der Waals surface area contributed by atoms with Gasteiger partial charge in [-0.2, -0.15) is 0 Å². The van der Waals surface area contributed by atoms with E-state index in [1.807, 2.05) is 0 Å². The third-order valence-corrected chi connectivity index (χ3v) is 3.62. The third kappa shape index (κ3) is 3.85. The zero-order chi connectivity index (χ0) is 17.8. The highest BCUT2D eigenvalue weighted by Gasteiger charge is 2.13. The number of carbonyl (C=O) groups excluding carboxylic acids is 1. The van der Waals surface area contributed by atoms with Gasteiger partial charge in [0.2, 0.25) is 0 Å². The van der Waals surface area contributed by atoms with Crippen LogP contribution in [0.1, 0.15) is 15.9 Å². The van der Waals surface area contributed by atoms with Crippen molar-refractivity contribution in [1.82, 2.24) is 10.3 Å². The number of carbonyl (C=O) groups is 1. The second kappa shape index (κ2) is 7.17. The first-order valence-corrected chi connectivity index (χ1v) is 7.47. The van der Waals surface area contributed by atoms with Gasteiger partial charge in [0.25, 0.3) is 5.91 Å². The van der Waals surface area contributed by atoms with Crippen molar-refractivity contribution >= 4 is 5.91 Å². The molecule has 1 amide bonds. The smallest absolute Gasteiger partial charge is 0.254 e. The van der Waals surface area contributed by atoms with E-state index in [0.717, 1.165) is 12.1 Å². The standard InChI is InChI=1S/C19H13F3N2O/c20-14-5-3-12(4-6-14)18-13(2-1-9-23-18)11-24-19(25)16-8-7-15(21)10-17(16)22/h1-10H,11H2,(H,24,25). The fourth-order valence-corrected chi connectivity index (χ4v) is 2.39. The van der Waals surface area contributed by atoms with Gasteiger partial charge in [-0.15, -0.1) is 0 Å². The molecule has 3 aromatic rings. The first kappa shape index (κ1) is 16.7. The van der Waals surface area contributed by atoms with Gasteiger partial charge in [0.1, 0.15) is 17.5 Å². The summed E-state index contributed by atoms with van der Waals surface area (Å²) in [4.78, 5) is 16.4. The van der Waals surface area contributed by atoms with Crippen molar-refractivity contribution < 1.29 is 18.0 Å². The Morgan fingerprint density at radius 3 is 2.40 bits per heavy atom. The molecular weight excluding hydrogens is 329 g/mol. The van der Waals surface area contributed by atoms with Crippen LogP contribution in [0.15, 0.2) is 60.8 Å². The third-order valence-electron chi connectivity index (χ3n) is 3.62. The van der Waals surface area contributed by atoms with Crippen molar-refractivity contribution in [2.75, 3.05) is 0 Å². The summed E-state index contributed by atoms with van der Waals surface area (Å²) >= 11 is 0. The second-order valence-corrected chi connectivity index (χ2v) is 5.32. The Bertz CT molecular complexity index is 911. The molecule has 1 aromatic heterocycles. The van der Waals surface area contributed by atoms with Crippen molar-refractivity contribution in [3.63, 3.8) is 0 Å². The van der Waals surface area contributed by atoms with Crippen LogP contribution >= 0.6 is 0 Å². The van der Waals surface area contributed by atoms with Crippen LogP contribution in [0.2, 0.25) is 0 Å². The van der Waals surface area contributed by atoms with Crippen molar-refractivity contribution in [1.29, 1.82) is 0 Å². The van der Waals surface area contributed by atoms with E-state index >= 15 is 0 Å². The van der Waals surface area contributed by atoms with Gasteiger partial charge in [-0.1, -0.05) is 6.07 Å². The Morgan fingerprint density at radius 2 is 1.68 bits per heavy atom. The Kier molecular flexibility index (Phi) is 4.79. The topological polar surface area (TPSA) is 42.0 Å². The maximum absolute atomic E-state index is 13.7. The molecule has 0 aliphatic carbocycles. The van der Waals surface area contributed by atoms with Gasteiger partial charge in [0.05, 0.1) is 11.3 Å². The highest BCUT2D eigenvalue weighted by atomic mass is 19.1. The van der Waals surface area contributed by atoms with Gasteiger partial charge in [0, 0.05) is 24.4 Å². The summed E-state index contributed by atoms with van der Waals surface area (Å²) in [6.07, 6.45) is 1.59. The van der Waals surface area contributed by atoms with E-state index in [2.05, 4.69) is 10.3 Å². The summed E-state index contributed by atoms with van der Waals surface area (Å²) in [6.45, 7) is 0.0935. The molecule has 0 bridgehead atoms. The van der Waals surface area contributed by atoms with Crippen molar-refractivity contribution in [3.05, 3.63) is 89.4 Å². The molecule has 0 atom stereocenters. The summed E-state index contributed by atoms with van der Waals surface area (Å²) in [5.41, 5.74) is 1.72. The number of hydrogen-bond acceptors (Lipinski definition) is 2. The van der Waals surface area contributed by atoms with Gasteiger partial charge in [-0.25, -0.2) is 13.2 Å². The van der Waals surface area contributed by atoms with Crippen LogP contribution in [0.4, 0.5) is 13.2 Å². The summed E-state index contributed by atoms with van der Waals surface area (Å²) in [6, 6.07) is 12.0. The predicted octanol–water partition coefficient (Wildman–Crippen LogP) is 4.10. The lowest BCUT2D eigenvalue weighted by Crippen LogP contribution is -2.24. The molecule has 0 aliphatic rings. The molecule has 6 heteroatoms. The maximum atomic E-state index is 13.7. The molecule has 0 fully saturated rings. The van der Waals surface area contributed by atoms with Crippen molar-refractivity contribution in [2.24, 2.45) is 0 Å². The number of aromatic nitrogens is 1. The van der Waals surface area contributed by atoms with E-state index in [9.17, 15) is 18.0 Å². The molecule has 0 saturated heterocycles. The zero-order valence-corrected chi connectivity index (χ0v) is 13.0. The van der Waals surface area contributed by atoms with Crippen LogP contribution in [-0.4, -0.2) is 10.9 Å². The van der Waals surface area contributed by atoms with Crippen LogP contribution < -0.4 is 5.32 Å². The Balaban J connectivity index is 1.79.